The number of benzene rings is 1. The van der Waals surface area contributed by atoms with Crippen molar-refractivity contribution in [3.63, 3.8) is 0 Å². The number of hydrogen-bond donors (Lipinski definition) is 1. The van der Waals surface area contributed by atoms with Crippen LogP contribution in [0.2, 0.25) is 0 Å². The Bertz CT molecular complexity index is 687. The number of aromatic nitrogens is 1. The van der Waals surface area contributed by atoms with Crippen molar-refractivity contribution < 1.29 is 13.9 Å². The number of rotatable bonds is 4. The summed E-state index contributed by atoms with van der Waals surface area (Å²) < 4.78 is 18.7. The van der Waals surface area contributed by atoms with Crippen LogP contribution in [0.1, 0.15) is 29.8 Å². The average molecular weight is 315 g/mol. The van der Waals surface area contributed by atoms with Gasteiger partial charge < -0.3 is 4.74 Å². The summed E-state index contributed by atoms with van der Waals surface area (Å²) in [6.07, 6.45) is 3.20. The molecule has 0 saturated carbocycles. The molecular formula is C17H18FN3O2. The molecule has 0 aliphatic rings. The molecule has 1 aromatic carbocycles. The van der Waals surface area contributed by atoms with Gasteiger partial charge >= 0.3 is 0 Å². The molecule has 1 aromatic heterocycles. The van der Waals surface area contributed by atoms with E-state index >= 15 is 0 Å². The minimum Gasteiger partial charge on any atom is -0.462 e. The lowest BCUT2D eigenvalue weighted by molar-refractivity contribution is 0.0959. The van der Waals surface area contributed by atoms with E-state index in [2.05, 4.69) is 15.3 Å². The Morgan fingerprint density at radius 2 is 2.17 bits per heavy atom. The highest BCUT2D eigenvalue weighted by Crippen LogP contribution is 2.04. The first-order valence-electron chi connectivity index (χ1n) is 7.21. The second kappa shape index (κ2) is 8.03. The van der Waals surface area contributed by atoms with Gasteiger partial charge in [0.25, 0.3) is 11.9 Å². The van der Waals surface area contributed by atoms with Gasteiger partial charge in [0.1, 0.15) is 5.82 Å². The van der Waals surface area contributed by atoms with E-state index in [0.717, 1.165) is 11.6 Å². The molecule has 0 aliphatic heterocycles. The van der Waals surface area contributed by atoms with Gasteiger partial charge in [-0.1, -0.05) is 12.1 Å². The van der Waals surface area contributed by atoms with Crippen LogP contribution in [-0.2, 0) is 11.3 Å². The Hall–Kier alpha value is -2.76. The zero-order valence-electron chi connectivity index (χ0n) is 13.0. The minimum absolute atomic E-state index is 0.0955. The molecule has 1 N–H and O–H groups in total. The maximum Gasteiger partial charge on any atom is 0.292 e. The Kier molecular flexibility index (Phi) is 5.80. The first-order chi connectivity index (χ1) is 11.0. The average Bonchev–Trinajstić information content (AvgIpc) is 2.53. The third-order valence-electron chi connectivity index (χ3n) is 2.78. The number of halogens is 1. The second-order valence-electron chi connectivity index (χ2n) is 5.11. The highest BCUT2D eigenvalue weighted by atomic mass is 19.1. The Morgan fingerprint density at radius 1 is 1.35 bits per heavy atom. The maximum absolute atomic E-state index is 13.2. The number of hydrogen-bond acceptors (Lipinski definition) is 4. The fraction of sp³-hybridized carbons (Fsp3) is 0.235. The quantitative estimate of drug-likeness (QED) is 0.697. The van der Waals surface area contributed by atoms with Gasteiger partial charge in [-0.25, -0.2) is 9.38 Å². The van der Waals surface area contributed by atoms with Gasteiger partial charge in [-0.15, -0.1) is 0 Å². The lowest BCUT2D eigenvalue weighted by atomic mass is 10.2. The smallest absolute Gasteiger partial charge is 0.292 e. The molecule has 2 rings (SSSR count). The van der Waals surface area contributed by atoms with Crippen molar-refractivity contribution in [2.45, 2.75) is 26.5 Å². The molecule has 2 aromatic rings. The van der Waals surface area contributed by atoms with Crippen molar-refractivity contribution >= 4 is 11.9 Å². The Labute approximate surface area is 134 Å². The number of ether oxygens (including phenoxy) is 1. The fourth-order valence-electron chi connectivity index (χ4n) is 1.78. The highest BCUT2D eigenvalue weighted by molar-refractivity contribution is 6.04. The lowest BCUT2D eigenvalue weighted by Gasteiger charge is -2.13. The zero-order chi connectivity index (χ0) is 16.7. The van der Waals surface area contributed by atoms with Gasteiger partial charge in [-0.2, -0.15) is 0 Å². The minimum atomic E-state index is -0.477. The monoisotopic (exact) mass is 315 g/mol. The van der Waals surface area contributed by atoms with Crippen LogP contribution in [0.5, 0.6) is 0 Å². The van der Waals surface area contributed by atoms with E-state index in [9.17, 15) is 9.18 Å². The van der Waals surface area contributed by atoms with E-state index in [1.807, 2.05) is 19.9 Å². The summed E-state index contributed by atoms with van der Waals surface area (Å²) >= 11 is 0. The molecule has 1 heterocycles. The number of carbonyl (C=O) groups excluding carboxylic acids is 1. The third-order valence-corrected chi connectivity index (χ3v) is 2.78. The maximum atomic E-state index is 13.2. The number of pyridine rings is 1. The molecule has 0 bridgehead atoms. The Morgan fingerprint density at radius 3 is 2.83 bits per heavy atom. The number of carbonyl (C=O) groups is 1. The van der Waals surface area contributed by atoms with E-state index in [0.29, 0.717) is 6.54 Å². The van der Waals surface area contributed by atoms with E-state index < -0.39 is 11.7 Å². The van der Waals surface area contributed by atoms with Gasteiger partial charge in [0, 0.05) is 18.0 Å². The summed E-state index contributed by atoms with van der Waals surface area (Å²) in [4.78, 5) is 20.4. The summed E-state index contributed by atoms with van der Waals surface area (Å²) in [6, 6.07) is 9.20. The van der Waals surface area contributed by atoms with E-state index in [1.54, 1.807) is 18.5 Å². The third kappa shape index (κ3) is 5.50. The molecule has 0 radical (unpaired) electrons. The van der Waals surface area contributed by atoms with E-state index in [4.69, 9.17) is 4.74 Å². The van der Waals surface area contributed by atoms with Crippen LogP contribution >= 0.6 is 0 Å². The molecule has 1 amide bonds. The predicted octanol–water partition coefficient (Wildman–Crippen LogP) is 2.93. The zero-order valence-corrected chi connectivity index (χ0v) is 13.0. The van der Waals surface area contributed by atoms with E-state index in [1.165, 1.54) is 18.2 Å². The summed E-state index contributed by atoms with van der Waals surface area (Å²) in [6.45, 7) is 3.97. The molecule has 0 spiro atoms. The molecule has 0 fully saturated rings. The van der Waals surface area contributed by atoms with Crippen LogP contribution in [0.4, 0.5) is 4.39 Å². The standard InChI is InChI=1S/C17H18FN3O2/c1-12(2)23-17(20-11-13-5-4-8-19-10-13)21-16(22)14-6-3-7-15(18)9-14/h3-10,12H,11H2,1-2H3,(H,20,21,22). The lowest BCUT2D eigenvalue weighted by Crippen LogP contribution is -2.34. The predicted molar refractivity (Wildman–Crippen MR) is 85.5 cm³/mol. The molecule has 23 heavy (non-hydrogen) atoms. The van der Waals surface area contributed by atoms with Crippen molar-refractivity contribution in [2.24, 2.45) is 4.99 Å². The van der Waals surface area contributed by atoms with Crippen molar-refractivity contribution in [3.8, 4) is 0 Å². The van der Waals surface area contributed by atoms with Crippen molar-refractivity contribution in [2.75, 3.05) is 0 Å². The summed E-state index contributed by atoms with van der Waals surface area (Å²) in [7, 11) is 0. The Balaban J connectivity index is 2.10. The van der Waals surface area contributed by atoms with Gasteiger partial charge in [0.15, 0.2) is 0 Å². The summed E-state index contributed by atoms with van der Waals surface area (Å²) in [5.41, 5.74) is 1.09. The molecule has 0 atom stereocenters. The van der Waals surface area contributed by atoms with Crippen LogP contribution < -0.4 is 5.32 Å². The van der Waals surface area contributed by atoms with Crippen LogP contribution in [0.15, 0.2) is 53.8 Å². The second-order valence-corrected chi connectivity index (χ2v) is 5.11. The van der Waals surface area contributed by atoms with Gasteiger partial charge in [-0.3, -0.25) is 15.1 Å². The number of aliphatic imine (C=N–C) groups is 1. The SMILES string of the molecule is CC(C)OC(=NCc1cccnc1)NC(=O)c1cccc(F)c1. The molecule has 6 heteroatoms. The first-order valence-corrected chi connectivity index (χ1v) is 7.21. The topological polar surface area (TPSA) is 63.6 Å². The number of nitrogens with zero attached hydrogens (tertiary/aromatic N) is 2. The first kappa shape index (κ1) is 16.6. The van der Waals surface area contributed by atoms with Gasteiger partial charge in [0.2, 0.25) is 0 Å². The largest absolute Gasteiger partial charge is 0.462 e. The van der Waals surface area contributed by atoms with Crippen LogP contribution in [0, 0.1) is 5.82 Å². The van der Waals surface area contributed by atoms with Gasteiger partial charge in [-0.05, 0) is 43.7 Å². The number of amidine groups is 1. The highest BCUT2D eigenvalue weighted by Gasteiger charge is 2.12. The van der Waals surface area contributed by atoms with Crippen molar-refractivity contribution in [1.82, 2.24) is 10.3 Å². The molecule has 0 aliphatic carbocycles. The number of nitrogens with one attached hydrogen (secondary N) is 1. The molecule has 5 nitrogen and oxygen atoms in total. The van der Waals surface area contributed by atoms with Crippen LogP contribution in [0.3, 0.4) is 0 Å². The van der Waals surface area contributed by atoms with Crippen molar-refractivity contribution in [1.29, 1.82) is 0 Å². The van der Waals surface area contributed by atoms with E-state index in [-0.39, 0.29) is 17.7 Å². The molecule has 0 saturated heterocycles. The summed E-state index contributed by atoms with van der Waals surface area (Å²) in [5, 5.41) is 2.56. The normalized spacial score (nSPS) is 11.4. The van der Waals surface area contributed by atoms with Crippen LogP contribution in [-0.4, -0.2) is 23.0 Å². The molecule has 120 valence electrons. The number of amides is 1. The molecular weight excluding hydrogens is 297 g/mol. The van der Waals surface area contributed by atoms with Gasteiger partial charge in [0.05, 0.1) is 12.6 Å². The fourth-order valence-corrected chi connectivity index (χ4v) is 1.78. The van der Waals surface area contributed by atoms with Crippen LogP contribution in [0.25, 0.3) is 0 Å². The summed E-state index contributed by atoms with van der Waals surface area (Å²) in [5.74, 6) is -0.952. The van der Waals surface area contributed by atoms with Crippen molar-refractivity contribution in [3.05, 3.63) is 65.7 Å². The molecule has 0 unspecified atom stereocenters.